The number of halogens is 2. The van der Waals surface area contributed by atoms with Crippen LogP contribution in [-0.2, 0) is 16.1 Å². The Morgan fingerprint density at radius 3 is 2.61 bits per heavy atom. The van der Waals surface area contributed by atoms with Crippen LogP contribution in [0.25, 0.3) is 0 Å². The van der Waals surface area contributed by atoms with Crippen molar-refractivity contribution in [3.63, 3.8) is 0 Å². The van der Waals surface area contributed by atoms with Crippen molar-refractivity contribution in [3.05, 3.63) is 57.6 Å². The van der Waals surface area contributed by atoms with Crippen LogP contribution < -0.4 is 15.0 Å². The van der Waals surface area contributed by atoms with Gasteiger partial charge in [0.25, 0.3) is 5.91 Å². The summed E-state index contributed by atoms with van der Waals surface area (Å²) >= 11 is 12.8. The predicted octanol–water partition coefficient (Wildman–Crippen LogP) is 4.90. The molecule has 0 saturated carbocycles. The maximum absolute atomic E-state index is 13.1. The van der Waals surface area contributed by atoms with Crippen molar-refractivity contribution in [2.45, 2.75) is 39.3 Å². The van der Waals surface area contributed by atoms with Gasteiger partial charge in [-0.2, -0.15) is 0 Å². The van der Waals surface area contributed by atoms with E-state index in [2.05, 4.69) is 12.2 Å². The standard InChI is InChI=1S/C21H22Cl2N2O3/c1-3-4-11-28-17-8-6-5-7-14(17)12-25-20-16(23)10-9-15(22)18(20)19(21(25)27)24-13(2)26/h5-10,19H,3-4,11-12H2,1-2H3,(H,24,26)/t19-/m0/s1. The Labute approximate surface area is 174 Å². The third-order valence-electron chi connectivity index (χ3n) is 4.59. The molecule has 1 atom stereocenters. The molecular weight excluding hydrogens is 399 g/mol. The molecule has 0 bridgehead atoms. The van der Waals surface area contributed by atoms with E-state index in [9.17, 15) is 9.59 Å². The molecular formula is C21H22Cl2N2O3. The first-order valence-corrected chi connectivity index (χ1v) is 9.96. The lowest BCUT2D eigenvalue weighted by molar-refractivity contribution is -0.126. The number of anilines is 1. The summed E-state index contributed by atoms with van der Waals surface area (Å²) in [6.45, 7) is 4.34. The van der Waals surface area contributed by atoms with Crippen LogP contribution in [-0.4, -0.2) is 18.4 Å². The van der Waals surface area contributed by atoms with Crippen molar-refractivity contribution in [2.75, 3.05) is 11.5 Å². The smallest absolute Gasteiger partial charge is 0.254 e. The van der Waals surface area contributed by atoms with Gasteiger partial charge in [-0.3, -0.25) is 9.59 Å². The second-order valence-electron chi connectivity index (χ2n) is 6.66. The fourth-order valence-corrected chi connectivity index (χ4v) is 3.79. The van der Waals surface area contributed by atoms with Gasteiger partial charge >= 0.3 is 0 Å². The van der Waals surface area contributed by atoms with Crippen LogP contribution in [0.4, 0.5) is 5.69 Å². The number of rotatable bonds is 7. The SMILES string of the molecule is CCCCOc1ccccc1CN1C(=O)[C@@H](NC(C)=O)c2c(Cl)ccc(Cl)c21. The molecule has 1 N–H and O–H groups in total. The molecule has 2 aromatic carbocycles. The summed E-state index contributed by atoms with van der Waals surface area (Å²) in [5.41, 5.74) is 1.91. The van der Waals surface area contributed by atoms with E-state index in [-0.39, 0.29) is 18.4 Å². The topological polar surface area (TPSA) is 58.6 Å². The van der Waals surface area contributed by atoms with E-state index in [4.69, 9.17) is 27.9 Å². The molecule has 2 aromatic rings. The highest BCUT2D eigenvalue weighted by molar-refractivity contribution is 6.38. The number of nitrogens with zero attached hydrogens (tertiary/aromatic N) is 1. The third kappa shape index (κ3) is 4.10. The average Bonchev–Trinajstić information content (AvgIpc) is 2.93. The molecule has 28 heavy (non-hydrogen) atoms. The van der Waals surface area contributed by atoms with Gasteiger partial charge in [-0.25, -0.2) is 0 Å². The molecule has 3 rings (SSSR count). The highest BCUT2D eigenvalue weighted by Gasteiger charge is 2.41. The monoisotopic (exact) mass is 420 g/mol. The van der Waals surface area contributed by atoms with E-state index in [0.29, 0.717) is 27.9 Å². The molecule has 0 aliphatic carbocycles. The number of ether oxygens (including phenoxy) is 1. The van der Waals surface area contributed by atoms with Gasteiger partial charge in [-0.15, -0.1) is 0 Å². The predicted molar refractivity (Wildman–Crippen MR) is 111 cm³/mol. The van der Waals surface area contributed by atoms with Crippen LogP contribution in [0.5, 0.6) is 5.75 Å². The van der Waals surface area contributed by atoms with Gasteiger partial charge in [0, 0.05) is 23.1 Å². The molecule has 1 heterocycles. The first-order chi connectivity index (χ1) is 13.4. The number of fused-ring (bicyclic) bond motifs is 1. The van der Waals surface area contributed by atoms with Gasteiger partial charge in [-0.05, 0) is 24.6 Å². The summed E-state index contributed by atoms with van der Waals surface area (Å²) in [6, 6.07) is 10.0. The van der Waals surface area contributed by atoms with Crippen LogP contribution in [0.2, 0.25) is 10.0 Å². The zero-order valence-electron chi connectivity index (χ0n) is 15.8. The Bertz CT molecular complexity index is 901. The molecule has 0 fully saturated rings. The van der Waals surface area contributed by atoms with Gasteiger partial charge in [0.2, 0.25) is 5.91 Å². The Kier molecular flexibility index (Phi) is 6.47. The molecule has 0 saturated heterocycles. The molecule has 7 heteroatoms. The number of carbonyl (C=O) groups is 2. The molecule has 0 aromatic heterocycles. The van der Waals surface area contributed by atoms with E-state index in [1.165, 1.54) is 6.92 Å². The zero-order chi connectivity index (χ0) is 20.3. The first kappa shape index (κ1) is 20.5. The van der Waals surface area contributed by atoms with E-state index in [1.807, 2.05) is 24.3 Å². The van der Waals surface area contributed by atoms with Crippen molar-refractivity contribution in [3.8, 4) is 5.75 Å². The second-order valence-corrected chi connectivity index (χ2v) is 7.47. The largest absolute Gasteiger partial charge is 0.493 e. The summed E-state index contributed by atoms with van der Waals surface area (Å²) in [5.74, 6) is 0.139. The molecule has 0 spiro atoms. The van der Waals surface area contributed by atoms with Crippen molar-refractivity contribution < 1.29 is 14.3 Å². The Morgan fingerprint density at radius 1 is 1.18 bits per heavy atom. The number of amides is 2. The second kappa shape index (κ2) is 8.84. The number of benzene rings is 2. The quantitative estimate of drug-likeness (QED) is 0.648. The van der Waals surface area contributed by atoms with E-state index in [0.717, 1.165) is 24.2 Å². The molecule has 0 radical (unpaired) electrons. The maximum Gasteiger partial charge on any atom is 0.254 e. The fraction of sp³-hybridized carbons (Fsp3) is 0.333. The van der Waals surface area contributed by atoms with E-state index < -0.39 is 6.04 Å². The Balaban J connectivity index is 1.97. The van der Waals surface area contributed by atoms with E-state index in [1.54, 1.807) is 17.0 Å². The number of hydrogen-bond donors (Lipinski definition) is 1. The van der Waals surface area contributed by atoms with Gasteiger partial charge in [0.15, 0.2) is 0 Å². The normalized spacial score (nSPS) is 15.5. The minimum Gasteiger partial charge on any atom is -0.493 e. The average molecular weight is 421 g/mol. The van der Waals surface area contributed by atoms with Crippen molar-refractivity contribution in [1.29, 1.82) is 0 Å². The summed E-state index contributed by atoms with van der Waals surface area (Å²) in [7, 11) is 0. The van der Waals surface area contributed by atoms with Crippen LogP contribution in [0.3, 0.4) is 0 Å². The minimum absolute atomic E-state index is 0.268. The molecule has 2 amide bonds. The van der Waals surface area contributed by atoms with Crippen LogP contribution >= 0.6 is 23.2 Å². The van der Waals surface area contributed by atoms with Crippen molar-refractivity contribution in [2.24, 2.45) is 0 Å². The fourth-order valence-electron chi connectivity index (χ4n) is 3.26. The van der Waals surface area contributed by atoms with Crippen LogP contribution in [0.1, 0.15) is 43.9 Å². The molecule has 1 aliphatic heterocycles. The Morgan fingerprint density at radius 2 is 1.89 bits per heavy atom. The lowest BCUT2D eigenvalue weighted by Gasteiger charge is -2.21. The zero-order valence-corrected chi connectivity index (χ0v) is 17.3. The first-order valence-electron chi connectivity index (χ1n) is 9.21. The summed E-state index contributed by atoms with van der Waals surface area (Å²) in [6.07, 6.45) is 1.98. The lowest BCUT2D eigenvalue weighted by atomic mass is 10.1. The molecule has 5 nitrogen and oxygen atoms in total. The molecule has 0 unspecified atom stereocenters. The summed E-state index contributed by atoms with van der Waals surface area (Å²) in [5, 5.41) is 3.48. The third-order valence-corrected chi connectivity index (χ3v) is 5.22. The summed E-state index contributed by atoms with van der Waals surface area (Å²) in [4.78, 5) is 26.3. The minimum atomic E-state index is -0.855. The number of para-hydroxylation sites is 1. The highest BCUT2D eigenvalue weighted by atomic mass is 35.5. The number of unbranched alkanes of at least 4 members (excludes halogenated alkanes) is 1. The van der Waals surface area contributed by atoms with Crippen molar-refractivity contribution in [1.82, 2.24) is 5.32 Å². The number of carbonyl (C=O) groups excluding carboxylic acids is 2. The van der Waals surface area contributed by atoms with Gasteiger partial charge in [0.1, 0.15) is 11.8 Å². The van der Waals surface area contributed by atoms with Crippen LogP contribution in [0.15, 0.2) is 36.4 Å². The lowest BCUT2D eigenvalue weighted by Crippen LogP contribution is -2.36. The number of nitrogens with one attached hydrogen (secondary N) is 1. The van der Waals surface area contributed by atoms with Gasteiger partial charge in [-0.1, -0.05) is 54.7 Å². The van der Waals surface area contributed by atoms with Crippen LogP contribution in [0, 0.1) is 0 Å². The number of hydrogen-bond acceptors (Lipinski definition) is 3. The van der Waals surface area contributed by atoms with Gasteiger partial charge in [0.05, 0.1) is 23.9 Å². The van der Waals surface area contributed by atoms with Crippen molar-refractivity contribution >= 4 is 40.7 Å². The van der Waals surface area contributed by atoms with Gasteiger partial charge < -0.3 is 15.0 Å². The molecule has 1 aliphatic rings. The highest BCUT2D eigenvalue weighted by Crippen LogP contribution is 2.45. The molecule has 148 valence electrons. The van der Waals surface area contributed by atoms with E-state index >= 15 is 0 Å². The maximum atomic E-state index is 13.1. The Hall–Kier alpha value is -2.24. The summed E-state index contributed by atoms with van der Waals surface area (Å²) < 4.78 is 5.89.